The Hall–Kier alpha value is -0.820. The normalized spacial score (nSPS) is 19.5. The van der Waals surface area contributed by atoms with Gasteiger partial charge in [-0.25, -0.2) is 13.2 Å². The van der Waals surface area contributed by atoms with Gasteiger partial charge in [0.2, 0.25) is 6.17 Å². The van der Waals surface area contributed by atoms with Crippen LogP contribution in [0.15, 0.2) is 12.7 Å². The smallest absolute Gasteiger partial charge is 0.240 e. The Kier molecular flexibility index (Phi) is 4.12. The van der Waals surface area contributed by atoms with E-state index < -0.39 is 30.6 Å². The van der Waals surface area contributed by atoms with Gasteiger partial charge >= 0.3 is 12.1 Å². The highest BCUT2D eigenvalue weighted by Crippen LogP contribution is 2.41. The van der Waals surface area contributed by atoms with E-state index in [1.165, 1.54) is 0 Å². The van der Waals surface area contributed by atoms with Gasteiger partial charge in [-0.3, -0.25) is 0 Å². The lowest BCUT2D eigenvalue weighted by Crippen LogP contribution is -2.50. The van der Waals surface area contributed by atoms with Crippen molar-refractivity contribution in [3.8, 4) is 0 Å². The molecule has 0 rings (SSSR count). The van der Waals surface area contributed by atoms with Crippen LogP contribution < -0.4 is 0 Å². The zero-order chi connectivity index (χ0) is 12.4. The lowest BCUT2D eigenvalue weighted by atomic mass is 10.1. The second-order valence-electron chi connectivity index (χ2n) is 2.65. The predicted molar refractivity (Wildman–Crippen MR) is 35.9 cm³/mol. The van der Waals surface area contributed by atoms with E-state index in [2.05, 4.69) is 6.58 Å². The summed E-state index contributed by atoms with van der Waals surface area (Å²) >= 11 is 0. The van der Waals surface area contributed by atoms with Gasteiger partial charge in [-0.15, -0.1) is 6.58 Å². The van der Waals surface area contributed by atoms with Gasteiger partial charge in [0, 0.05) is 0 Å². The van der Waals surface area contributed by atoms with Crippen LogP contribution in [0.3, 0.4) is 0 Å². The van der Waals surface area contributed by atoms with Crippen molar-refractivity contribution in [2.75, 3.05) is 0 Å². The maximum atomic E-state index is 12.4. The summed E-state index contributed by atoms with van der Waals surface area (Å²) in [5.41, 5.74) is 0. The highest BCUT2D eigenvalue weighted by atomic mass is 19.4. The van der Waals surface area contributed by atoms with Crippen molar-refractivity contribution in [2.45, 2.75) is 30.6 Å². The average molecular weight is 242 g/mol. The van der Waals surface area contributed by atoms with Gasteiger partial charge in [0.25, 0.3) is 0 Å². The van der Waals surface area contributed by atoms with Crippen molar-refractivity contribution >= 4 is 0 Å². The van der Waals surface area contributed by atoms with Crippen molar-refractivity contribution in [2.24, 2.45) is 0 Å². The van der Waals surface area contributed by atoms with E-state index in [-0.39, 0.29) is 6.08 Å². The van der Waals surface area contributed by atoms with Crippen molar-refractivity contribution in [3.63, 3.8) is 0 Å². The molecule has 0 bridgehead atoms. The molecule has 90 valence electrons. The molecule has 0 heterocycles. The fourth-order valence-electron chi connectivity index (χ4n) is 0.648. The molecule has 15 heavy (non-hydrogen) atoms. The lowest BCUT2D eigenvalue weighted by Gasteiger charge is -2.25. The molecule has 0 saturated heterocycles. The molecule has 3 atom stereocenters. The molecule has 0 saturated carbocycles. The van der Waals surface area contributed by atoms with Crippen molar-refractivity contribution in [3.05, 3.63) is 12.7 Å². The molecule has 3 unspecified atom stereocenters. The van der Waals surface area contributed by atoms with Crippen molar-refractivity contribution < 1.29 is 35.1 Å². The standard InChI is InChI=1S/C7H6F8/c1-2-3(8)4(9)5(10)6(11,12)7(13,14)15/h2-5H,1H2. The van der Waals surface area contributed by atoms with E-state index in [0.717, 1.165) is 0 Å². The summed E-state index contributed by atoms with van der Waals surface area (Å²) in [6, 6.07) is 0. The van der Waals surface area contributed by atoms with Gasteiger partial charge in [-0.1, -0.05) is 6.08 Å². The monoisotopic (exact) mass is 242 g/mol. The molecule has 0 amide bonds. The first-order chi connectivity index (χ1) is 6.55. The van der Waals surface area contributed by atoms with Crippen LogP contribution in [0, 0.1) is 0 Å². The molecule has 0 nitrogen and oxygen atoms in total. The van der Waals surface area contributed by atoms with Crippen molar-refractivity contribution in [1.29, 1.82) is 0 Å². The summed E-state index contributed by atoms with van der Waals surface area (Å²) in [5, 5.41) is 0. The van der Waals surface area contributed by atoms with Gasteiger partial charge in [0.05, 0.1) is 0 Å². The first kappa shape index (κ1) is 14.2. The van der Waals surface area contributed by atoms with E-state index in [9.17, 15) is 35.1 Å². The number of allylic oxidation sites excluding steroid dienone is 1. The minimum absolute atomic E-state index is 0.101. The molecule has 0 aromatic rings. The third kappa shape index (κ3) is 2.82. The van der Waals surface area contributed by atoms with E-state index in [4.69, 9.17) is 0 Å². The second-order valence-corrected chi connectivity index (χ2v) is 2.65. The number of rotatable bonds is 4. The molecule has 8 heteroatoms. The Balaban J connectivity index is 4.84. The SMILES string of the molecule is C=CC(F)C(F)C(F)C(F)(F)C(F)(F)F. The second kappa shape index (κ2) is 4.36. The fraction of sp³-hybridized carbons (Fsp3) is 0.714. The molecule has 0 fully saturated rings. The maximum Gasteiger partial charge on any atom is 0.456 e. The Morgan fingerprint density at radius 1 is 0.933 bits per heavy atom. The fourth-order valence-corrected chi connectivity index (χ4v) is 0.648. The minimum Gasteiger partial charge on any atom is -0.240 e. The van der Waals surface area contributed by atoms with Crippen LogP contribution in [-0.2, 0) is 0 Å². The van der Waals surface area contributed by atoms with Crippen LogP contribution in [-0.4, -0.2) is 30.6 Å². The van der Waals surface area contributed by atoms with E-state index >= 15 is 0 Å². The molecule has 0 aliphatic rings. The molecule has 0 N–H and O–H groups in total. The van der Waals surface area contributed by atoms with Gasteiger partial charge in [0.15, 0.2) is 12.3 Å². The molecular formula is C7H6F8. The molecule has 0 aromatic carbocycles. The van der Waals surface area contributed by atoms with E-state index in [0.29, 0.717) is 0 Å². The number of alkyl halides is 8. The molecule has 0 radical (unpaired) electrons. The first-order valence-corrected chi connectivity index (χ1v) is 3.55. The van der Waals surface area contributed by atoms with Gasteiger partial charge in [-0.2, -0.15) is 22.0 Å². The molecule has 0 spiro atoms. The summed E-state index contributed by atoms with van der Waals surface area (Å²) in [6.45, 7) is 2.60. The number of halogens is 8. The molecule has 0 aliphatic heterocycles. The maximum absolute atomic E-state index is 12.4. The number of hydrogen-bond donors (Lipinski definition) is 0. The summed E-state index contributed by atoms with van der Waals surface area (Å²) in [6.07, 6.45) is -17.0. The van der Waals surface area contributed by atoms with Gasteiger partial charge in [-0.05, 0) is 0 Å². The van der Waals surface area contributed by atoms with E-state index in [1.54, 1.807) is 0 Å². The number of hydrogen-bond acceptors (Lipinski definition) is 0. The Bertz CT molecular complexity index is 220. The largest absolute Gasteiger partial charge is 0.456 e. The Labute approximate surface area is 79.6 Å². The van der Waals surface area contributed by atoms with Crippen LogP contribution in [0.4, 0.5) is 35.1 Å². The summed E-state index contributed by atoms with van der Waals surface area (Å²) in [4.78, 5) is 0. The Morgan fingerprint density at radius 3 is 1.60 bits per heavy atom. The van der Waals surface area contributed by atoms with E-state index in [1.807, 2.05) is 0 Å². The summed E-state index contributed by atoms with van der Waals surface area (Å²) < 4.78 is 95.8. The lowest BCUT2D eigenvalue weighted by molar-refractivity contribution is -0.310. The zero-order valence-electron chi connectivity index (χ0n) is 7.04. The van der Waals surface area contributed by atoms with Crippen LogP contribution in [0.1, 0.15) is 0 Å². The van der Waals surface area contributed by atoms with Crippen LogP contribution in [0.2, 0.25) is 0 Å². The highest BCUT2D eigenvalue weighted by molar-refractivity contribution is 4.96. The Morgan fingerprint density at radius 2 is 1.33 bits per heavy atom. The first-order valence-electron chi connectivity index (χ1n) is 3.55. The minimum atomic E-state index is -6.27. The zero-order valence-corrected chi connectivity index (χ0v) is 7.04. The summed E-state index contributed by atoms with van der Waals surface area (Å²) in [5.74, 6) is -5.93. The molecular weight excluding hydrogens is 236 g/mol. The topological polar surface area (TPSA) is 0 Å². The third-order valence-electron chi connectivity index (χ3n) is 1.53. The average Bonchev–Trinajstić information content (AvgIpc) is 2.12. The third-order valence-corrected chi connectivity index (χ3v) is 1.53. The van der Waals surface area contributed by atoms with Crippen LogP contribution >= 0.6 is 0 Å². The predicted octanol–water partition coefficient (Wildman–Crippen LogP) is 3.38. The van der Waals surface area contributed by atoms with Crippen LogP contribution in [0.25, 0.3) is 0 Å². The van der Waals surface area contributed by atoms with Crippen LogP contribution in [0.5, 0.6) is 0 Å². The summed E-state index contributed by atoms with van der Waals surface area (Å²) in [7, 11) is 0. The molecule has 0 aromatic heterocycles. The van der Waals surface area contributed by atoms with Crippen molar-refractivity contribution in [1.82, 2.24) is 0 Å². The highest BCUT2D eigenvalue weighted by Gasteiger charge is 2.66. The van der Waals surface area contributed by atoms with Gasteiger partial charge < -0.3 is 0 Å². The quantitative estimate of drug-likeness (QED) is 0.523. The molecule has 0 aliphatic carbocycles. The van der Waals surface area contributed by atoms with Gasteiger partial charge in [0.1, 0.15) is 0 Å².